The lowest BCUT2D eigenvalue weighted by atomic mass is 10.5. The van der Waals surface area contributed by atoms with E-state index in [4.69, 9.17) is 5.73 Å². The Morgan fingerprint density at radius 2 is 2.38 bits per heavy atom. The molecule has 0 aliphatic rings. The summed E-state index contributed by atoms with van der Waals surface area (Å²) in [4.78, 5) is 12.2. The molecule has 0 aliphatic heterocycles. The number of hydrogen-bond acceptors (Lipinski definition) is 3. The molecule has 0 atom stereocenters. The Hall–Kier alpha value is -1.07. The largest absolute Gasteiger partial charge is 0.337 e. The van der Waals surface area contributed by atoms with Crippen molar-refractivity contribution in [1.29, 1.82) is 0 Å². The molecule has 2 amide bonds. The predicted octanol–water partition coefficient (Wildman–Crippen LogP) is 0.506. The van der Waals surface area contributed by atoms with E-state index < -0.39 is 0 Å². The van der Waals surface area contributed by atoms with Crippen LogP contribution in [0.25, 0.3) is 0 Å². The van der Waals surface area contributed by atoms with Crippen molar-refractivity contribution in [1.82, 2.24) is 10.6 Å². The van der Waals surface area contributed by atoms with Crippen LogP contribution in [-0.2, 0) is 6.54 Å². The molecule has 0 saturated heterocycles. The number of amides is 2. The van der Waals surface area contributed by atoms with Crippen LogP contribution in [0.2, 0.25) is 0 Å². The summed E-state index contributed by atoms with van der Waals surface area (Å²) in [5, 5.41) is 7.33. The van der Waals surface area contributed by atoms with Crippen LogP contribution in [0.4, 0.5) is 4.79 Å². The first kappa shape index (κ1) is 10.0. The van der Waals surface area contributed by atoms with Crippen molar-refractivity contribution in [2.24, 2.45) is 5.73 Å². The molecule has 0 fully saturated rings. The molecule has 0 radical (unpaired) electrons. The van der Waals surface area contributed by atoms with Crippen LogP contribution in [0, 0.1) is 0 Å². The van der Waals surface area contributed by atoms with Crippen molar-refractivity contribution in [3.05, 3.63) is 22.4 Å². The fourth-order valence-corrected chi connectivity index (χ4v) is 1.47. The highest BCUT2D eigenvalue weighted by Gasteiger charge is 1.98. The highest BCUT2D eigenvalue weighted by atomic mass is 32.1. The van der Waals surface area contributed by atoms with Crippen molar-refractivity contribution in [2.75, 3.05) is 13.1 Å². The molecule has 0 aliphatic carbocycles. The minimum atomic E-state index is -0.168. The van der Waals surface area contributed by atoms with Gasteiger partial charge in [0, 0.05) is 18.0 Å². The fourth-order valence-electron chi connectivity index (χ4n) is 0.829. The first-order chi connectivity index (χ1) is 6.33. The molecule has 4 N–H and O–H groups in total. The van der Waals surface area contributed by atoms with Gasteiger partial charge in [0.15, 0.2) is 0 Å². The third-order valence-electron chi connectivity index (χ3n) is 1.43. The first-order valence-electron chi connectivity index (χ1n) is 4.07. The molecule has 4 nitrogen and oxygen atoms in total. The molecule has 0 spiro atoms. The number of nitrogens with two attached hydrogens (primary N) is 1. The van der Waals surface area contributed by atoms with E-state index in [1.165, 1.54) is 0 Å². The zero-order valence-electron chi connectivity index (χ0n) is 7.25. The van der Waals surface area contributed by atoms with E-state index >= 15 is 0 Å². The molecular weight excluding hydrogens is 186 g/mol. The van der Waals surface area contributed by atoms with Gasteiger partial charge in [-0.05, 0) is 11.4 Å². The Morgan fingerprint density at radius 3 is 3.00 bits per heavy atom. The van der Waals surface area contributed by atoms with Gasteiger partial charge in [-0.25, -0.2) is 4.79 Å². The van der Waals surface area contributed by atoms with Gasteiger partial charge in [-0.3, -0.25) is 0 Å². The number of carbonyl (C=O) groups is 1. The summed E-state index contributed by atoms with van der Waals surface area (Å²) in [7, 11) is 0. The summed E-state index contributed by atoms with van der Waals surface area (Å²) in [5.41, 5.74) is 5.23. The van der Waals surface area contributed by atoms with Gasteiger partial charge in [-0.15, -0.1) is 11.3 Å². The van der Waals surface area contributed by atoms with Crippen LogP contribution in [-0.4, -0.2) is 19.1 Å². The molecule has 72 valence electrons. The molecule has 0 unspecified atom stereocenters. The molecule has 1 aromatic heterocycles. The second kappa shape index (κ2) is 5.55. The fraction of sp³-hybridized carbons (Fsp3) is 0.375. The number of rotatable bonds is 4. The maximum absolute atomic E-state index is 11.0. The van der Waals surface area contributed by atoms with E-state index in [1.54, 1.807) is 11.3 Å². The zero-order valence-corrected chi connectivity index (χ0v) is 8.06. The SMILES string of the molecule is NCCNC(=O)NCc1cccs1. The third-order valence-corrected chi connectivity index (χ3v) is 2.31. The van der Waals surface area contributed by atoms with Crippen molar-refractivity contribution in [3.8, 4) is 0 Å². The van der Waals surface area contributed by atoms with Crippen LogP contribution in [0.1, 0.15) is 4.88 Å². The van der Waals surface area contributed by atoms with Gasteiger partial charge < -0.3 is 16.4 Å². The molecule has 1 rings (SSSR count). The standard InChI is InChI=1S/C8H13N3OS/c9-3-4-10-8(12)11-6-7-2-1-5-13-7/h1-2,5H,3-4,6,9H2,(H2,10,11,12). The summed E-state index contributed by atoms with van der Waals surface area (Å²) >= 11 is 1.62. The predicted molar refractivity (Wildman–Crippen MR) is 53.6 cm³/mol. The Morgan fingerprint density at radius 1 is 1.54 bits per heavy atom. The quantitative estimate of drug-likeness (QED) is 0.661. The Balaban J connectivity index is 2.15. The summed E-state index contributed by atoms with van der Waals surface area (Å²) in [6.07, 6.45) is 0. The van der Waals surface area contributed by atoms with E-state index in [1.807, 2.05) is 17.5 Å². The van der Waals surface area contributed by atoms with Crippen LogP contribution in [0.3, 0.4) is 0 Å². The van der Waals surface area contributed by atoms with E-state index in [9.17, 15) is 4.79 Å². The maximum Gasteiger partial charge on any atom is 0.315 e. The number of hydrogen-bond donors (Lipinski definition) is 3. The highest BCUT2D eigenvalue weighted by molar-refractivity contribution is 7.09. The first-order valence-corrected chi connectivity index (χ1v) is 4.95. The van der Waals surface area contributed by atoms with E-state index in [-0.39, 0.29) is 6.03 Å². The van der Waals surface area contributed by atoms with Crippen LogP contribution >= 0.6 is 11.3 Å². The van der Waals surface area contributed by atoms with Crippen molar-refractivity contribution in [2.45, 2.75) is 6.54 Å². The lowest BCUT2D eigenvalue weighted by Crippen LogP contribution is -2.37. The third kappa shape index (κ3) is 3.91. The van der Waals surface area contributed by atoms with E-state index in [2.05, 4.69) is 10.6 Å². The molecule has 5 heteroatoms. The molecule has 1 aromatic rings. The second-order valence-corrected chi connectivity index (χ2v) is 3.51. The smallest absolute Gasteiger partial charge is 0.315 e. The van der Waals surface area contributed by atoms with Gasteiger partial charge in [0.05, 0.1) is 6.54 Å². The molecule has 0 saturated carbocycles. The Kier molecular flexibility index (Phi) is 4.28. The van der Waals surface area contributed by atoms with E-state index in [0.29, 0.717) is 19.6 Å². The normalized spacial score (nSPS) is 9.62. The minimum Gasteiger partial charge on any atom is -0.337 e. The van der Waals surface area contributed by atoms with Gasteiger partial charge in [-0.1, -0.05) is 6.07 Å². The lowest BCUT2D eigenvalue weighted by molar-refractivity contribution is 0.241. The minimum absolute atomic E-state index is 0.168. The van der Waals surface area contributed by atoms with E-state index in [0.717, 1.165) is 4.88 Å². The van der Waals surface area contributed by atoms with Crippen molar-refractivity contribution in [3.63, 3.8) is 0 Å². The summed E-state index contributed by atoms with van der Waals surface area (Å²) < 4.78 is 0. The average Bonchev–Trinajstić information content (AvgIpc) is 2.64. The van der Waals surface area contributed by atoms with Crippen LogP contribution in [0.5, 0.6) is 0 Å². The summed E-state index contributed by atoms with van der Waals surface area (Å²) in [5.74, 6) is 0. The highest BCUT2D eigenvalue weighted by Crippen LogP contribution is 2.06. The maximum atomic E-state index is 11.0. The Bertz CT molecular complexity index is 248. The summed E-state index contributed by atoms with van der Waals surface area (Å²) in [6, 6.07) is 3.77. The molecule has 0 bridgehead atoms. The number of urea groups is 1. The molecule has 0 aromatic carbocycles. The monoisotopic (exact) mass is 199 g/mol. The topological polar surface area (TPSA) is 67.1 Å². The van der Waals surface area contributed by atoms with Crippen LogP contribution in [0.15, 0.2) is 17.5 Å². The number of carbonyl (C=O) groups excluding carboxylic acids is 1. The van der Waals surface area contributed by atoms with Gasteiger partial charge in [0.1, 0.15) is 0 Å². The average molecular weight is 199 g/mol. The number of thiophene rings is 1. The molecule has 13 heavy (non-hydrogen) atoms. The van der Waals surface area contributed by atoms with Gasteiger partial charge >= 0.3 is 6.03 Å². The van der Waals surface area contributed by atoms with Crippen LogP contribution < -0.4 is 16.4 Å². The van der Waals surface area contributed by atoms with Crippen molar-refractivity contribution < 1.29 is 4.79 Å². The summed E-state index contributed by atoms with van der Waals surface area (Å²) in [6.45, 7) is 1.55. The lowest BCUT2D eigenvalue weighted by Gasteiger charge is -2.04. The van der Waals surface area contributed by atoms with Gasteiger partial charge in [0.2, 0.25) is 0 Å². The van der Waals surface area contributed by atoms with Crippen molar-refractivity contribution >= 4 is 17.4 Å². The second-order valence-electron chi connectivity index (χ2n) is 2.48. The zero-order chi connectivity index (χ0) is 9.52. The Labute approximate surface area is 81.1 Å². The van der Waals surface area contributed by atoms with Gasteiger partial charge in [0.25, 0.3) is 0 Å². The number of nitrogens with one attached hydrogen (secondary N) is 2. The molecule has 1 heterocycles. The van der Waals surface area contributed by atoms with Gasteiger partial charge in [-0.2, -0.15) is 0 Å². The molecular formula is C8H13N3OS.